The van der Waals surface area contributed by atoms with Gasteiger partial charge in [0.25, 0.3) is 0 Å². The summed E-state index contributed by atoms with van der Waals surface area (Å²) < 4.78 is 5.07. The number of carbonyl (C=O) groups excluding carboxylic acids is 1. The molecule has 0 amide bonds. The second kappa shape index (κ2) is 5.90. The summed E-state index contributed by atoms with van der Waals surface area (Å²) in [4.78, 5) is 11.5. The minimum Gasteiger partial charge on any atom is -0.462 e. The SMILES string of the molecule is CC(C)COC(=O)c1ccc(/C=N\O)cc1. The maximum absolute atomic E-state index is 11.5. The molecule has 0 heterocycles. The van der Waals surface area contributed by atoms with Crippen molar-refractivity contribution in [3.8, 4) is 0 Å². The highest BCUT2D eigenvalue weighted by molar-refractivity contribution is 5.90. The fourth-order valence-corrected chi connectivity index (χ4v) is 1.10. The van der Waals surface area contributed by atoms with Gasteiger partial charge in [0.2, 0.25) is 0 Å². The van der Waals surface area contributed by atoms with E-state index in [-0.39, 0.29) is 5.97 Å². The molecule has 0 saturated carbocycles. The average Bonchev–Trinajstić information content (AvgIpc) is 2.27. The number of hydrogen-bond acceptors (Lipinski definition) is 4. The van der Waals surface area contributed by atoms with Crippen molar-refractivity contribution in [3.05, 3.63) is 35.4 Å². The van der Waals surface area contributed by atoms with Crippen molar-refractivity contribution in [1.29, 1.82) is 0 Å². The van der Waals surface area contributed by atoms with Gasteiger partial charge in [0.15, 0.2) is 0 Å². The average molecular weight is 221 g/mol. The van der Waals surface area contributed by atoms with Crippen LogP contribution in [0.5, 0.6) is 0 Å². The molecule has 0 fully saturated rings. The normalized spacial score (nSPS) is 10.9. The third-order valence-corrected chi connectivity index (χ3v) is 1.90. The maximum Gasteiger partial charge on any atom is 0.338 e. The van der Waals surface area contributed by atoms with Gasteiger partial charge in [-0.25, -0.2) is 4.79 Å². The number of esters is 1. The standard InChI is InChI=1S/C12H15NO3/c1-9(2)8-16-12(14)11-5-3-10(4-6-11)7-13-15/h3-7,9,15H,8H2,1-2H3/b13-7-. The molecular formula is C12H15NO3. The highest BCUT2D eigenvalue weighted by Crippen LogP contribution is 2.05. The van der Waals surface area contributed by atoms with Crippen LogP contribution < -0.4 is 0 Å². The van der Waals surface area contributed by atoms with Gasteiger partial charge in [-0.2, -0.15) is 0 Å². The van der Waals surface area contributed by atoms with Crippen molar-refractivity contribution < 1.29 is 14.7 Å². The van der Waals surface area contributed by atoms with E-state index in [1.54, 1.807) is 24.3 Å². The first-order valence-electron chi connectivity index (χ1n) is 5.08. The molecule has 0 aliphatic rings. The molecule has 0 spiro atoms. The van der Waals surface area contributed by atoms with Crippen LogP contribution in [0.15, 0.2) is 29.4 Å². The molecule has 0 aromatic heterocycles. The fourth-order valence-electron chi connectivity index (χ4n) is 1.10. The Morgan fingerprint density at radius 1 is 1.44 bits per heavy atom. The lowest BCUT2D eigenvalue weighted by Gasteiger charge is -2.06. The number of benzene rings is 1. The second-order valence-corrected chi connectivity index (χ2v) is 3.86. The third kappa shape index (κ3) is 3.73. The van der Waals surface area contributed by atoms with Gasteiger partial charge in [0.05, 0.1) is 18.4 Å². The summed E-state index contributed by atoms with van der Waals surface area (Å²) in [6, 6.07) is 6.65. The molecule has 0 bridgehead atoms. The van der Waals surface area contributed by atoms with E-state index in [9.17, 15) is 4.79 Å². The van der Waals surface area contributed by atoms with Gasteiger partial charge >= 0.3 is 5.97 Å². The lowest BCUT2D eigenvalue weighted by molar-refractivity contribution is 0.0459. The van der Waals surface area contributed by atoms with Gasteiger partial charge in [-0.3, -0.25) is 0 Å². The number of hydrogen-bond donors (Lipinski definition) is 1. The predicted octanol–water partition coefficient (Wildman–Crippen LogP) is 2.31. The zero-order valence-corrected chi connectivity index (χ0v) is 9.38. The summed E-state index contributed by atoms with van der Waals surface area (Å²) in [5.74, 6) is -0.00840. The minimum absolute atomic E-state index is 0.324. The van der Waals surface area contributed by atoms with Crippen LogP contribution in [0.3, 0.4) is 0 Å². The molecule has 16 heavy (non-hydrogen) atoms. The van der Waals surface area contributed by atoms with Gasteiger partial charge in [-0.1, -0.05) is 31.1 Å². The zero-order chi connectivity index (χ0) is 12.0. The van der Waals surface area contributed by atoms with Crippen LogP contribution in [0.25, 0.3) is 0 Å². The Labute approximate surface area is 94.5 Å². The van der Waals surface area contributed by atoms with Gasteiger partial charge in [-0.05, 0) is 23.6 Å². The van der Waals surface area contributed by atoms with Crippen LogP contribution in [0.4, 0.5) is 0 Å². The summed E-state index contributed by atoms with van der Waals surface area (Å²) in [7, 11) is 0. The summed E-state index contributed by atoms with van der Waals surface area (Å²) in [5, 5.41) is 11.2. The van der Waals surface area contributed by atoms with Gasteiger partial charge in [-0.15, -0.1) is 0 Å². The molecule has 0 saturated heterocycles. The van der Waals surface area contributed by atoms with Crippen molar-refractivity contribution in [3.63, 3.8) is 0 Å². The molecule has 4 nitrogen and oxygen atoms in total. The first-order valence-corrected chi connectivity index (χ1v) is 5.08. The summed E-state index contributed by atoms with van der Waals surface area (Å²) >= 11 is 0. The Hall–Kier alpha value is -1.84. The molecule has 0 aliphatic heterocycles. The summed E-state index contributed by atoms with van der Waals surface area (Å²) in [5.41, 5.74) is 1.22. The molecule has 4 heteroatoms. The van der Waals surface area contributed by atoms with E-state index in [4.69, 9.17) is 9.94 Å². The first-order chi connectivity index (χ1) is 7.63. The summed E-state index contributed by atoms with van der Waals surface area (Å²) in [6.45, 7) is 4.38. The Bertz CT molecular complexity index is 368. The van der Waals surface area contributed by atoms with E-state index >= 15 is 0 Å². The zero-order valence-electron chi connectivity index (χ0n) is 9.38. The van der Waals surface area contributed by atoms with Crippen LogP contribution in [-0.4, -0.2) is 24.0 Å². The number of oxime groups is 1. The van der Waals surface area contributed by atoms with Crippen molar-refractivity contribution in [2.45, 2.75) is 13.8 Å². The van der Waals surface area contributed by atoms with Gasteiger partial charge in [0, 0.05) is 0 Å². The molecule has 1 aromatic carbocycles. The van der Waals surface area contributed by atoms with E-state index < -0.39 is 0 Å². The maximum atomic E-state index is 11.5. The molecule has 0 aliphatic carbocycles. The molecule has 1 N–H and O–H groups in total. The van der Waals surface area contributed by atoms with Crippen LogP contribution in [0, 0.1) is 5.92 Å². The largest absolute Gasteiger partial charge is 0.462 e. The van der Waals surface area contributed by atoms with E-state index in [1.807, 2.05) is 13.8 Å². The van der Waals surface area contributed by atoms with Crippen LogP contribution in [0.2, 0.25) is 0 Å². The molecule has 1 rings (SSSR count). The highest BCUT2D eigenvalue weighted by atomic mass is 16.5. The smallest absolute Gasteiger partial charge is 0.338 e. The molecule has 86 valence electrons. The number of carbonyl (C=O) groups is 1. The number of nitrogens with zero attached hydrogens (tertiary/aromatic N) is 1. The van der Waals surface area contributed by atoms with Crippen molar-refractivity contribution in [1.82, 2.24) is 0 Å². The summed E-state index contributed by atoms with van der Waals surface area (Å²) in [6.07, 6.45) is 1.29. The minimum atomic E-state index is -0.332. The topological polar surface area (TPSA) is 58.9 Å². The van der Waals surface area contributed by atoms with Crippen LogP contribution in [0.1, 0.15) is 29.8 Å². The monoisotopic (exact) mass is 221 g/mol. The van der Waals surface area contributed by atoms with E-state index in [0.717, 1.165) is 5.56 Å². The predicted molar refractivity (Wildman–Crippen MR) is 60.9 cm³/mol. The van der Waals surface area contributed by atoms with Crippen LogP contribution in [-0.2, 0) is 4.74 Å². The molecule has 0 unspecified atom stereocenters. The lowest BCUT2D eigenvalue weighted by Crippen LogP contribution is -2.10. The van der Waals surface area contributed by atoms with Crippen molar-refractivity contribution in [2.75, 3.05) is 6.61 Å². The van der Waals surface area contributed by atoms with E-state index in [0.29, 0.717) is 18.1 Å². The highest BCUT2D eigenvalue weighted by Gasteiger charge is 2.07. The molecular weight excluding hydrogens is 206 g/mol. The fraction of sp³-hybridized carbons (Fsp3) is 0.333. The second-order valence-electron chi connectivity index (χ2n) is 3.86. The molecule has 0 atom stereocenters. The van der Waals surface area contributed by atoms with Crippen molar-refractivity contribution >= 4 is 12.2 Å². The Morgan fingerprint density at radius 3 is 2.56 bits per heavy atom. The van der Waals surface area contributed by atoms with Crippen molar-refractivity contribution in [2.24, 2.45) is 11.1 Å². The van der Waals surface area contributed by atoms with E-state index in [1.165, 1.54) is 6.21 Å². The van der Waals surface area contributed by atoms with E-state index in [2.05, 4.69) is 5.16 Å². The Kier molecular flexibility index (Phi) is 4.51. The quantitative estimate of drug-likeness (QED) is 0.367. The lowest BCUT2D eigenvalue weighted by atomic mass is 10.1. The van der Waals surface area contributed by atoms with Gasteiger partial charge in [0.1, 0.15) is 0 Å². The Balaban J connectivity index is 2.63. The Morgan fingerprint density at radius 2 is 2.06 bits per heavy atom. The third-order valence-electron chi connectivity index (χ3n) is 1.90. The van der Waals surface area contributed by atoms with Crippen LogP contribution >= 0.6 is 0 Å². The number of ether oxygens (including phenoxy) is 1. The first kappa shape index (κ1) is 12.2. The molecule has 1 aromatic rings. The number of rotatable bonds is 4. The van der Waals surface area contributed by atoms with Gasteiger partial charge < -0.3 is 9.94 Å². The molecule has 0 radical (unpaired) electrons.